The first kappa shape index (κ1) is 18.3. The van der Waals surface area contributed by atoms with Gasteiger partial charge in [-0.15, -0.1) is 0 Å². The summed E-state index contributed by atoms with van der Waals surface area (Å²) in [5, 5.41) is 10.2. The van der Waals surface area contributed by atoms with Crippen molar-refractivity contribution in [3.8, 4) is 17.2 Å². The van der Waals surface area contributed by atoms with E-state index >= 15 is 0 Å². The van der Waals surface area contributed by atoms with E-state index in [2.05, 4.69) is 15.7 Å². The van der Waals surface area contributed by atoms with Gasteiger partial charge in [0.1, 0.15) is 11.5 Å². The Bertz CT molecular complexity index is 901. The van der Waals surface area contributed by atoms with Crippen molar-refractivity contribution in [1.82, 2.24) is 9.78 Å². The Labute approximate surface area is 157 Å². The fraction of sp³-hybridized carbons (Fsp3) is 0.200. The van der Waals surface area contributed by atoms with Crippen molar-refractivity contribution in [2.24, 2.45) is 0 Å². The average Bonchev–Trinajstić information content (AvgIpc) is 3.21. The molecule has 1 heterocycles. The van der Waals surface area contributed by atoms with Crippen LogP contribution in [0.1, 0.15) is 5.56 Å². The minimum atomic E-state index is -0.172. The first-order valence-electron chi connectivity index (χ1n) is 8.46. The Morgan fingerprint density at radius 2 is 1.85 bits per heavy atom. The zero-order valence-electron chi connectivity index (χ0n) is 15.5. The summed E-state index contributed by atoms with van der Waals surface area (Å²) in [6, 6.07) is 13.0. The molecule has 0 saturated heterocycles. The van der Waals surface area contributed by atoms with Gasteiger partial charge in [0.05, 0.1) is 26.5 Å². The number of benzene rings is 2. The number of anilines is 2. The van der Waals surface area contributed by atoms with Crippen LogP contribution in [-0.2, 0) is 4.79 Å². The van der Waals surface area contributed by atoms with Crippen LogP contribution in [0.15, 0.2) is 54.9 Å². The van der Waals surface area contributed by atoms with Crippen LogP contribution in [-0.4, -0.2) is 36.5 Å². The molecule has 3 aromatic rings. The number of carbonyl (C=O) groups excluding carboxylic acids is 1. The number of aromatic nitrogens is 2. The molecule has 2 N–H and O–H groups in total. The van der Waals surface area contributed by atoms with Gasteiger partial charge < -0.3 is 20.1 Å². The minimum absolute atomic E-state index is 0.128. The van der Waals surface area contributed by atoms with Gasteiger partial charge in [0, 0.05) is 42.0 Å². The number of amides is 1. The highest BCUT2D eigenvalue weighted by atomic mass is 16.5. The van der Waals surface area contributed by atoms with E-state index in [0.717, 1.165) is 16.9 Å². The second-order valence-electron chi connectivity index (χ2n) is 5.95. The number of hydrogen-bond donors (Lipinski definition) is 2. The van der Waals surface area contributed by atoms with E-state index in [4.69, 9.17) is 9.47 Å². The van der Waals surface area contributed by atoms with E-state index in [1.807, 2.05) is 37.4 Å². The van der Waals surface area contributed by atoms with Gasteiger partial charge in [0.25, 0.3) is 0 Å². The smallest absolute Gasteiger partial charge is 0.243 e. The van der Waals surface area contributed by atoms with Crippen LogP contribution in [0.5, 0.6) is 11.5 Å². The molecule has 0 bridgehead atoms. The van der Waals surface area contributed by atoms with Gasteiger partial charge in [-0.2, -0.15) is 5.10 Å². The van der Waals surface area contributed by atoms with Crippen molar-refractivity contribution in [3.05, 3.63) is 60.4 Å². The SMILES string of the molecule is COc1cc(NC(=O)CNc2cc(-n3cccn3)ccc2C)cc(OC)c1. The van der Waals surface area contributed by atoms with Gasteiger partial charge in [-0.25, -0.2) is 4.68 Å². The first-order chi connectivity index (χ1) is 13.1. The largest absolute Gasteiger partial charge is 0.497 e. The maximum atomic E-state index is 12.3. The molecule has 7 heteroatoms. The van der Waals surface area contributed by atoms with Crippen LogP contribution in [0.4, 0.5) is 11.4 Å². The van der Waals surface area contributed by atoms with Crippen molar-refractivity contribution >= 4 is 17.3 Å². The van der Waals surface area contributed by atoms with Crippen molar-refractivity contribution in [2.45, 2.75) is 6.92 Å². The van der Waals surface area contributed by atoms with Gasteiger partial charge in [-0.05, 0) is 30.7 Å². The molecule has 3 rings (SSSR count). The van der Waals surface area contributed by atoms with E-state index < -0.39 is 0 Å². The number of aryl methyl sites for hydroxylation is 1. The Hall–Kier alpha value is -3.48. The van der Waals surface area contributed by atoms with Crippen LogP contribution >= 0.6 is 0 Å². The summed E-state index contributed by atoms with van der Waals surface area (Å²) >= 11 is 0. The predicted molar refractivity (Wildman–Crippen MR) is 105 cm³/mol. The Morgan fingerprint density at radius 3 is 2.48 bits per heavy atom. The quantitative estimate of drug-likeness (QED) is 0.671. The van der Waals surface area contributed by atoms with Crippen LogP contribution in [0.3, 0.4) is 0 Å². The summed E-state index contributed by atoms with van der Waals surface area (Å²) in [5.41, 5.74) is 3.45. The number of rotatable bonds is 7. The molecule has 2 aromatic carbocycles. The Morgan fingerprint density at radius 1 is 1.11 bits per heavy atom. The predicted octanol–water partition coefficient (Wildman–Crippen LogP) is 3.25. The van der Waals surface area contributed by atoms with Crippen LogP contribution < -0.4 is 20.1 Å². The van der Waals surface area contributed by atoms with Crippen molar-refractivity contribution in [3.63, 3.8) is 0 Å². The Kier molecular flexibility index (Phi) is 5.61. The maximum Gasteiger partial charge on any atom is 0.243 e. The van der Waals surface area contributed by atoms with E-state index in [-0.39, 0.29) is 12.5 Å². The monoisotopic (exact) mass is 366 g/mol. The summed E-state index contributed by atoms with van der Waals surface area (Å²) in [4.78, 5) is 12.3. The second kappa shape index (κ2) is 8.27. The molecule has 27 heavy (non-hydrogen) atoms. The fourth-order valence-corrected chi connectivity index (χ4v) is 2.62. The fourth-order valence-electron chi connectivity index (χ4n) is 2.62. The zero-order chi connectivity index (χ0) is 19.2. The number of methoxy groups -OCH3 is 2. The molecular formula is C20H22N4O3. The van der Waals surface area contributed by atoms with E-state index in [1.165, 1.54) is 0 Å². The third-order valence-electron chi connectivity index (χ3n) is 4.06. The van der Waals surface area contributed by atoms with Crippen LogP contribution in [0, 0.1) is 6.92 Å². The Balaban J connectivity index is 1.67. The molecular weight excluding hydrogens is 344 g/mol. The van der Waals surface area contributed by atoms with E-state index in [1.54, 1.807) is 43.3 Å². The molecule has 0 radical (unpaired) electrons. The van der Waals surface area contributed by atoms with Crippen LogP contribution in [0.25, 0.3) is 5.69 Å². The molecule has 0 spiro atoms. The van der Waals surface area contributed by atoms with Gasteiger partial charge in [-0.3, -0.25) is 4.79 Å². The molecule has 0 aliphatic heterocycles. The third kappa shape index (κ3) is 4.58. The number of carbonyl (C=O) groups is 1. The van der Waals surface area contributed by atoms with Crippen LogP contribution in [0.2, 0.25) is 0 Å². The number of hydrogen-bond acceptors (Lipinski definition) is 5. The first-order valence-corrected chi connectivity index (χ1v) is 8.46. The van der Waals surface area contributed by atoms with E-state index in [0.29, 0.717) is 17.2 Å². The van der Waals surface area contributed by atoms with Gasteiger partial charge >= 0.3 is 0 Å². The topological polar surface area (TPSA) is 77.4 Å². The lowest BCUT2D eigenvalue weighted by molar-refractivity contribution is -0.114. The standard InChI is InChI=1S/C20H22N4O3/c1-14-5-6-16(24-8-4-7-22-24)11-19(14)21-13-20(25)23-15-9-17(26-2)12-18(10-15)27-3/h4-12,21H,13H2,1-3H3,(H,23,25). The number of nitrogens with one attached hydrogen (secondary N) is 2. The van der Waals surface area contributed by atoms with Crippen molar-refractivity contribution in [1.29, 1.82) is 0 Å². The van der Waals surface area contributed by atoms with E-state index in [9.17, 15) is 4.79 Å². The molecule has 0 aliphatic rings. The second-order valence-corrected chi connectivity index (χ2v) is 5.95. The summed E-state index contributed by atoms with van der Waals surface area (Å²) in [5.74, 6) is 1.05. The summed E-state index contributed by atoms with van der Waals surface area (Å²) < 4.78 is 12.2. The summed E-state index contributed by atoms with van der Waals surface area (Å²) in [6.45, 7) is 2.11. The molecule has 0 unspecified atom stereocenters. The van der Waals surface area contributed by atoms with Crippen molar-refractivity contribution in [2.75, 3.05) is 31.4 Å². The normalized spacial score (nSPS) is 10.3. The molecule has 0 atom stereocenters. The number of ether oxygens (including phenoxy) is 2. The highest BCUT2D eigenvalue weighted by Gasteiger charge is 2.08. The summed E-state index contributed by atoms with van der Waals surface area (Å²) in [7, 11) is 3.13. The average molecular weight is 366 g/mol. The van der Waals surface area contributed by atoms with Gasteiger partial charge in [0.15, 0.2) is 0 Å². The third-order valence-corrected chi connectivity index (χ3v) is 4.06. The molecule has 7 nitrogen and oxygen atoms in total. The van der Waals surface area contributed by atoms with Crippen molar-refractivity contribution < 1.29 is 14.3 Å². The maximum absolute atomic E-state index is 12.3. The van der Waals surface area contributed by atoms with Gasteiger partial charge in [0.2, 0.25) is 5.91 Å². The lowest BCUT2D eigenvalue weighted by Gasteiger charge is -2.13. The molecule has 140 valence electrons. The molecule has 1 aromatic heterocycles. The number of nitrogens with zero attached hydrogens (tertiary/aromatic N) is 2. The molecule has 0 fully saturated rings. The molecule has 0 aliphatic carbocycles. The van der Waals surface area contributed by atoms with Gasteiger partial charge in [-0.1, -0.05) is 6.07 Å². The zero-order valence-corrected chi connectivity index (χ0v) is 15.5. The minimum Gasteiger partial charge on any atom is -0.497 e. The lowest BCUT2D eigenvalue weighted by atomic mass is 10.2. The highest BCUT2D eigenvalue weighted by molar-refractivity contribution is 5.94. The summed E-state index contributed by atoms with van der Waals surface area (Å²) in [6.07, 6.45) is 3.60. The molecule has 1 amide bonds. The molecule has 0 saturated carbocycles. The lowest BCUT2D eigenvalue weighted by Crippen LogP contribution is -2.22. The highest BCUT2D eigenvalue weighted by Crippen LogP contribution is 2.25.